The van der Waals surface area contributed by atoms with Crippen molar-refractivity contribution in [3.8, 4) is 0 Å². The van der Waals surface area contributed by atoms with E-state index >= 15 is 4.39 Å². The number of rotatable bonds is 6. The fourth-order valence-corrected chi connectivity index (χ4v) is 2.91. The van der Waals surface area contributed by atoms with Gasteiger partial charge >= 0.3 is 17.8 Å². The Labute approximate surface area is 166 Å². The average Bonchev–Trinajstić information content (AvgIpc) is 2.98. The van der Waals surface area contributed by atoms with Crippen molar-refractivity contribution in [2.75, 3.05) is 6.61 Å². The maximum atomic E-state index is 15.2. The molecule has 1 fully saturated rings. The first-order valence-corrected chi connectivity index (χ1v) is 8.87. The lowest BCUT2D eigenvalue weighted by Gasteiger charge is -2.24. The molecule has 2 aromatic rings. The molecule has 3 rings (SSSR count). The van der Waals surface area contributed by atoms with E-state index in [-0.39, 0.29) is 11.1 Å². The zero-order valence-electron chi connectivity index (χ0n) is 15.5. The van der Waals surface area contributed by atoms with Crippen LogP contribution < -0.4 is 0 Å². The molecule has 1 saturated heterocycles. The number of carbonyl (C=O) groups is 3. The molecule has 29 heavy (non-hydrogen) atoms. The van der Waals surface area contributed by atoms with Crippen LogP contribution in [0.1, 0.15) is 27.6 Å². The predicted octanol–water partition coefficient (Wildman–Crippen LogP) is 2.08. The molecule has 0 aliphatic carbocycles. The summed E-state index contributed by atoms with van der Waals surface area (Å²) in [6, 6.07) is 15.8. The van der Waals surface area contributed by atoms with Gasteiger partial charge in [-0.15, -0.1) is 0 Å². The van der Waals surface area contributed by atoms with Gasteiger partial charge in [-0.2, -0.15) is 4.39 Å². The maximum absolute atomic E-state index is 15.2. The van der Waals surface area contributed by atoms with Crippen LogP contribution in [0.2, 0.25) is 0 Å². The van der Waals surface area contributed by atoms with Gasteiger partial charge < -0.3 is 19.3 Å². The summed E-state index contributed by atoms with van der Waals surface area (Å²) in [7, 11) is 0. The van der Waals surface area contributed by atoms with Gasteiger partial charge in [0, 0.05) is 6.92 Å². The van der Waals surface area contributed by atoms with Gasteiger partial charge in [0.05, 0.1) is 11.1 Å². The minimum Gasteiger partial charge on any atom is -0.459 e. The van der Waals surface area contributed by atoms with Crippen LogP contribution in [0.15, 0.2) is 60.7 Å². The molecule has 1 heterocycles. The van der Waals surface area contributed by atoms with Gasteiger partial charge in [0.2, 0.25) is 0 Å². The van der Waals surface area contributed by atoms with E-state index in [9.17, 15) is 19.5 Å². The lowest BCUT2D eigenvalue weighted by Crippen LogP contribution is -2.47. The lowest BCUT2D eigenvalue weighted by molar-refractivity contribution is -0.188. The molecule has 4 atom stereocenters. The highest BCUT2D eigenvalue weighted by Crippen LogP contribution is 2.36. The Morgan fingerprint density at radius 3 is 2.03 bits per heavy atom. The van der Waals surface area contributed by atoms with Crippen molar-refractivity contribution < 1.29 is 38.1 Å². The SMILES string of the molecule is CC(=O)[C@]1(F)O[C@H](COC(=O)c2ccccc2)[C@@H](O)[C@H]1OC(=O)c1ccccc1. The second-order valence-corrected chi connectivity index (χ2v) is 6.50. The Balaban J connectivity index is 1.72. The molecule has 0 spiro atoms. The van der Waals surface area contributed by atoms with Gasteiger partial charge in [0.15, 0.2) is 11.9 Å². The number of alkyl halides is 1. The largest absolute Gasteiger partial charge is 0.459 e. The van der Waals surface area contributed by atoms with Gasteiger partial charge in [-0.25, -0.2) is 9.59 Å². The molecule has 8 heteroatoms. The highest BCUT2D eigenvalue weighted by Gasteiger charge is 2.61. The zero-order valence-corrected chi connectivity index (χ0v) is 15.5. The molecule has 0 saturated carbocycles. The number of ketones is 1. The molecule has 0 aromatic heterocycles. The Morgan fingerprint density at radius 2 is 1.52 bits per heavy atom. The van der Waals surface area contributed by atoms with E-state index in [1.165, 1.54) is 24.3 Å². The van der Waals surface area contributed by atoms with Crippen LogP contribution in [-0.2, 0) is 19.0 Å². The van der Waals surface area contributed by atoms with Gasteiger partial charge in [0.1, 0.15) is 18.8 Å². The van der Waals surface area contributed by atoms with E-state index in [0.29, 0.717) is 0 Å². The van der Waals surface area contributed by atoms with Crippen molar-refractivity contribution in [2.24, 2.45) is 0 Å². The summed E-state index contributed by atoms with van der Waals surface area (Å²) in [5.74, 6) is -5.78. The second kappa shape index (κ2) is 8.50. The van der Waals surface area contributed by atoms with Crippen LogP contribution in [0.3, 0.4) is 0 Å². The van der Waals surface area contributed by atoms with Crippen LogP contribution in [0.25, 0.3) is 0 Å². The molecule has 1 aliphatic rings. The normalized spacial score (nSPS) is 26.0. The molecule has 0 radical (unpaired) electrons. The number of Topliss-reactive ketones (excluding diaryl/α,β-unsaturated/α-hetero) is 1. The summed E-state index contributed by atoms with van der Waals surface area (Å²) in [5.41, 5.74) is 0.370. The summed E-state index contributed by atoms with van der Waals surface area (Å²) in [5, 5.41) is 10.4. The number of carbonyl (C=O) groups excluding carboxylic acids is 3. The molecule has 0 amide bonds. The van der Waals surface area contributed by atoms with Gasteiger partial charge in [-0.1, -0.05) is 36.4 Å². The van der Waals surface area contributed by atoms with E-state index in [1.54, 1.807) is 36.4 Å². The molecule has 152 valence electrons. The molecule has 0 bridgehead atoms. The van der Waals surface area contributed by atoms with Crippen LogP contribution in [0.4, 0.5) is 4.39 Å². The van der Waals surface area contributed by atoms with Crippen molar-refractivity contribution in [1.82, 2.24) is 0 Å². The Bertz CT molecular complexity index is 886. The van der Waals surface area contributed by atoms with Crippen molar-refractivity contribution in [2.45, 2.75) is 31.1 Å². The fraction of sp³-hybridized carbons (Fsp3) is 0.286. The number of aliphatic hydroxyl groups is 1. The number of halogens is 1. The standard InChI is InChI=1S/C21H19FO7/c1-13(23)21(22)18(28-20(26)15-10-6-3-7-11-15)17(24)16(29-21)12-27-19(25)14-8-4-2-5-9-14/h2-11,16-18,24H,12H2,1H3/t16-,17-,18-,21+/m1/s1. The first-order valence-electron chi connectivity index (χ1n) is 8.87. The predicted molar refractivity (Wildman–Crippen MR) is 97.8 cm³/mol. The van der Waals surface area contributed by atoms with E-state index in [0.717, 1.165) is 6.92 Å². The van der Waals surface area contributed by atoms with Crippen molar-refractivity contribution in [3.05, 3.63) is 71.8 Å². The molecule has 1 aliphatic heterocycles. The minimum absolute atomic E-state index is 0.115. The number of ether oxygens (including phenoxy) is 3. The maximum Gasteiger partial charge on any atom is 0.338 e. The lowest BCUT2D eigenvalue weighted by atomic mass is 10.0. The first kappa shape index (κ1) is 20.6. The number of hydrogen-bond donors (Lipinski definition) is 1. The topological polar surface area (TPSA) is 99.1 Å². The van der Waals surface area contributed by atoms with Crippen LogP contribution in [0, 0.1) is 0 Å². The minimum atomic E-state index is -3.06. The van der Waals surface area contributed by atoms with Gasteiger partial charge in [0.25, 0.3) is 0 Å². The fourth-order valence-electron chi connectivity index (χ4n) is 2.91. The van der Waals surface area contributed by atoms with E-state index < -0.39 is 48.5 Å². The summed E-state index contributed by atoms with van der Waals surface area (Å²) in [6.45, 7) is 0.377. The molecule has 7 nitrogen and oxygen atoms in total. The zero-order chi connectivity index (χ0) is 21.0. The molecule has 2 aromatic carbocycles. The van der Waals surface area contributed by atoms with E-state index in [1.807, 2.05) is 0 Å². The van der Waals surface area contributed by atoms with Crippen LogP contribution in [0.5, 0.6) is 0 Å². The molecular weight excluding hydrogens is 383 g/mol. The third-order valence-corrected chi connectivity index (χ3v) is 4.49. The summed E-state index contributed by atoms with van der Waals surface area (Å²) in [6.07, 6.45) is -5.03. The Morgan fingerprint density at radius 1 is 1.00 bits per heavy atom. The number of hydrogen-bond acceptors (Lipinski definition) is 7. The van der Waals surface area contributed by atoms with Crippen molar-refractivity contribution in [3.63, 3.8) is 0 Å². The Hall–Kier alpha value is -3.10. The van der Waals surface area contributed by atoms with Crippen LogP contribution >= 0.6 is 0 Å². The number of benzene rings is 2. The van der Waals surface area contributed by atoms with Gasteiger partial charge in [-0.05, 0) is 24.3 Å². The second-order valence-electron chi connectivity index (χ2n) is 6.50. The monoisotopic (exact) mass is 402 g/mol. The number of esters is 2. The summed E-state index contributed by atoms with van der Waals surface area (Å²) < 4.78 is 30.3. The summed E-state index contributed by atoms with van der Waals surface area (Å²) in [4.78, 5) is 36.1. The quantitative estimate of drug-likeness (QED) is 0.739. The molecule has 1 N–H and O–H groups in total. The highest BCUT2D eigenvalue weighted by molar-refractivity contribution is 5.91. The van der Waals surface area contributed by atoms with Gasteiger partial charge in [-0.3, -0.25) is 4.79 Å². The first-order chi connectivity index (χ1) is 13.8. The van der Waals surface area contributed by atoms with Crippen LogP contribution in [-0.4, -0.2) is 53.6 Å². The number of aliphatic hydroxyl groups excluding tert-OH is 1. The van der Waals surface area contributed by atoms with Crippen molar-refractivity contribution in [1.29, 1.82) is 0 Å². The highest BCUT2D eigenvalue weighted by atomic mass is 19.2. The van der Waals surface area contributed by atoms with E-state index in [4.69, 9.17) is 14.2 Å². The smallest absolute Gasteiger partial charge is 0.338 e. The third kappa shape index (κ3) is 4.33. The summed E-state index contributed by atoms with van der Waals surface area (Å²) >= 11 is 0. The molecular formula is C21H19FO7. The van der Waals surface area contributed by atoms with E-state index in [2.05, 4.69) is 0 Å². The third-order valence-electron chi connectivity index (χ3n) is 4.49. The Kier molecular flexibility index (Phi) is 6.05. The van der Waals surface area contributed by atoms with Crippen molar-refractivity contribution >= 4 is 17.7 Å². The average molecular weight is 402 g/mol. The molecule has 0 unspecified atom stereocenters.